The monoisotopic (exact) mass is 483 g/mol. The molecule has 1 saturated heterocycles. The summed E-state index contributed by atoms with van der Waals surface area (Å²) in [4.78, 5) is 27.5. The quantitative estimate of drug-likeness (QED) is 0.683. The number of hydrogen-bond acceptors (Lipinski definition) is 4. The lowest BCUT2D eigenvalue weighted by Crippen LogP contribution is -2.42. The summed E-state index contributed by atoms with van der Waals surface area (Å²) < 4.78 is 28.1. The number of benzene rings is 2. The number of hydrogen-bond donors (Lipinski definition) is 1. The van der Waals surface area contributed by atoms with E-state index in [1.165, 1.54) is 4.90 Å². The van der Waals surface area contributed by atoms with Crippen molar-refractivity contribution in [3.63, 3.8) is 0 Å². The average molecular weight is 484 g/mol. The van der Waals surface area contributed by atoms with Crippen molar-refractivity contribution in [2.24, 2.45) is 5.92 Å². The van der Waals surface area contributed by atoms with Gasteiger partial charge in [-0.1, -0.05) is 36.8 Å². The first-order valence-corrected chi connectivity index (χ1v) is 13.2. The fourth-order valence-corrected chi connectivity index (χ4v) is 6.38. The third-order valence-corrected chi connectivity index (χ3v) is 8.74. The van der Waals surface area contributed by atoms with Crippen molar-refractivity contribution in [1.29, 1.82) is 0 Å². The van der Waals surface area contributed by atoms with Gasteiger partial charge in [-0.2, -0.15) is 4.31 Å². The van der Waals surface area contributed by atoms with Crippen LogP contribution in [0.15, 0.2) is 47.4 Å². The number of amides is 2. The molecule has 0 saturated carbocycles. The van der Waals surface area contributed by atoms with E-state index < -0.39 is 15.4 Å². The van der Waals surface area contributed by atoms with E-state index in [0.717, 1.165) is 24.0 Å². The van der Waals surface area contributed by atoms with E-state index in [4.69, 9.17) is 0 Å². The summed E-state index contributed by atoms with van der Waals surface area (Å²) in [6, 6.07) is 12.7. The van der Waals surface area contributed by atoms with Gasteiger partial charge in [-0.15, -0.1) is 0 Å². The van der Waals surface area contributed by atoms with Crippen LogP contribution >= 0.6 is 0 Å². The fourth-order valence-electron chi connectivity index (χ4n) is 4.75. The molecule has 1 N–H and O–H groups in total. The number of nitrogens with zero attached hydrogens (tertiary/aromatic N) is 2. The van der Waals surface area contributed by atoms with Gasteiger partial charge >= 0.3 is 0 Å². The van der Waals surface area contributed by atoms with Crippen LogP contribution in [0.1, 0.15) is 50.3 Å². The van der Waals surface area contributed by atoms with Crippen molar-refractivity contribution in [3.05, 3.63) is 59.2 Å². The summed E-state index contributed by atoms with van der Waals surface area (Å²) in [5.41, 5.74) is 2.43. The van der Waals surface area contributed by atoms with Crippen LogP contribution < -0.4 is 10.2 Å². The molecule has 2 aliphatic rings. The van der Waals surface area contributed by atoms with E-state index in [-0.39, 0.29) is 23.3 Å². The second-order valence-electron chi connectivity index (χ2n) is 10.1. The molecule has 0 aromatic heterocycles. The first-order chi connectivity index (χ1) is 16.0. The van der Waals surface area contributed by atoms with Crippen molar-refractivity contribution >= 4 is 27.5 Å². The Balaban J connectivity index is 1.53. The fraction of sp³-hybridized carbons (Fsp3) is 0.462. The summed E-state index contributed by atoms with van der Waals surface area (Å²) in [5, 5.41) is 2.87. The molecular formula is C26H33N3O4S. The van der Waals surface area contributed by atoms with Gasteiger partial charge in [0, 0.05) is 25.3 Å². The second-order valence-corrected chi connectivity index (χ2v) is 12.0. The highest BCUT2D eigenvalue weighted by atomic mass is 32.2. The maximum Gasteiger partial charge on any atom is 0.243 e. The predicted molar refractivity (Wildman–Crippen MR) is 132 cm³/mol. The molecule has 1 unspecified atom stereocenters. The minimum atomic E-state index is -3.64. The summed E-state index contributed by atoms with van der Waals surface area (Å²) in [6.45, 7) is 8.90. The lowest BCUT2D eigenvalue weighted by molar-refractivity contribution is -0.125. The molecule has 1 fully saturated rings. The van der Waals surface area contributed by atoms with Gasteiger partial charge in [0.05, 0.1) is 10.3 Å². The van der Waals surface area contributed by atoms with E-state index in [1.807, 2.05) is 31.2 Å². The van der Waals surface area contributed by atoms with Crippen molar-refractivity contribution in [1.82, 2.24) is 9.62 Å². The Morgan fingerprint density at radius 3 is 2.53 bits per heavy atom. The molecule has 1 atom stereocenters. The average Bonchev–Trinajstić information content (AvgIpc) is 2.99. The van der Waals surface area contributed by atoms with Gasteiger partial charge in [0.2, 0.25) is 21.8 Å². The predicted octanol–water partition coefficient (Wildman–Crippen LogP) is 3.36. The van der Waals surface area contributed by atoms with Crippen molar-refractivity contribution in [3.8, 4) is 0 Å². The SMILES string of the molecule is Cc1ccc(CNC(=O)CN2C(=O)C(C)(C)c3cc(S(=O)(=O)N4CCCC(C)C4)ccc32)cc1. The number of anilines is 1. The van der Waals surface area contributed by atoms with Crippen LogP contribution in [0.3, 0.4) is 0 Å². The smallest absolute Gasteiger partial charge is 0.243 e. The highest BCUT2D eigenvalue weighted by Crippen LogP contribution is 2.42. The molecule has 0 bridgehead atoms. The van der Waals surface area contributed by atoms with E-state index in [2.05, 4.69) is 12.2 Å². The number of aryl methyl sites for hydroxylation is 1. The Kier molecular flexibility index (Phi) is 6.57. The zero-order valence-corrected chi connectivity index (χ0v) is 21.1. The topological polar surface area (TPSA) is 86.8 Å². The summed E-state index contributed by atoms with van der Waals surface area (Å²) in [6.07, 6.45) is 1.87. The van der Waals surface area contributed by atoms with Gasteiger partial charge in [0.1, 0.15) is 6.54 Å². The summed E-state index contributed by atoms with van der Waals surface area (Å²) >= 11 is 0. The van der Waals surface area contributed by atoms with E-state index in [9.17, 15) is 18.0 Å². The van der Waals surface area contributed by atoms with Gasteiger partial charge in [-0.25, -0.2) is 8.42 Å². The summed E-state index contributed by atoms with van der Waals surface area (Å²) in [7, 11) is -3.64. The second kappa shape index (κ2) is 9.15. The largest absolute Gasteiger partial charge is 0.350 e. The molecular weight excluding hydrogens is 450 g/mol. The molecule has 0 radical (unpaired) electrons. The molecule has 4 rings (SSSR count). The van der Waals surface area contributed by atoms with Gasteiger partial charge < -0.3 is 10.2 Å². The first-order valence-electron chi connectivity index (χ1n) is 11.8. The highest BCUT2D eigenvalue weighted by molar-refractivity contribution is 7.89. The van der Waals surface area contributed by atoms with Gasteiger partial charge in [-0.05, 0) is 68.9 Å². The van der Waals surface area contributed by atoms with Crippen LogP contribution in [0.2, 0.25) is 0 Å². The zero-order chi connectivity index (χ0) is 24.7. The number of fused-ring (bicyclic) bond motifs is 1. The van der Waals surface area contributed by atoms with Crippen molar-refractivity contribution in [2.75, 3.05) is 24.5 Å². The Morgan fingerprint density at radius 2 is 1.85 bits per heavy atom. The molecule has 2 aromatic rings. The number of piperidine rings is 1. The maximum atomic E-state index is 13.3. The normalized spacial score (nSPS) is 20.3. The molecule has 2 amide bonds. The molecule has 182 valence electrons. The maximum absolute atomic E-state index is 13.3. The minimum Gasteiger partial charge on any atom is -0.350 e. The summed E-state index contributed by atoms with van der Waals surface area (Å²) in [5.74, 6) is -0.157. The number of rotatable bonds is 6. The molecule has 0 spiro atoms. The Labute approximate surface area is 202 Å². The van der Waals surface area contributed by atoms with Crippen LogP contribution in [0, 0.1) is 12.8 Å². The molecule has 2 aliphatic heterocycles. The van der Waals surface area contributed by atoms with Crippen molar-refractivity contribution < 1.29 is 18.0 Å². The van der Waals surface area contributed by atoms with E-state index >= 15 is 0 Å². The van der Waals surface area contributed by atoms with Gasteiger partial charge in [-0.3, -0.25) is 9.59 Å². The molecule has 7 nitrogen and oxygen atoms in total. The van der Waals surface area contributed by atoms with E-state index in [1.54, 1.807) is 36.4 Å². The number of carbonyl (C=O) groups excluding carboxylic acids is 2. The van der Waals surface area contributed by atoms with Crippen LogP contribution in [0.5, 0.6) is 0 Å². The minimum absolute atomic E-state index is 0.114. The van der Waals surface area contributed by atoms with Gasteiger partial charge in [0.25, 0.3) is 0 Å². The Hall–Kier alpha value is -2.71. The van der Waals surface area contributed by atoms with Crippen LogP contribution in [-0.4, -0.2) is 44.2 Å². The molecule has 2 heterocycles. The molecule has 0 aliphatic carbocycles. The molecule has 2 aromatic carbocycles. The van der Waals surface area contributed by atoms with Crippen LogP contribution in [-0.2, 0) is 31.6 Å². The molecule has 34 heavy (non-hydrogen) atoms. The lowest BCUT2D eigenvalue weighted by Gasteiger charge is -2.30. The number of carbonyl (C=O) groups is 2. The van der Waals surface area contributed by atoms with Crippen molar-refractivity contribution in [2.45, 2.75) is 57.4 Å². The van der Waals surface area contributed by atoms with Crippen LogP contribution in [0.4, 0.5) is 5.69 Å². The van der Waals surface area contributed by atoms with E-state index in [0.29, 0.717) is 36.8 Å². The highest BCUT2D eigenvalue weighted by Gasteiger charge is 2.45. The Morgan fingerprint density at radius 1 is 1.15 bits per heavy atom. The third-order valence-electron chi connectivity index (χ3n) is 6.88. The zero-order valence-electron chi connectivity index (χ0n) is 20.3. The van der Waals surface area contributed by atoms with Gasteiger partial charge in [0.15, 0.2) is 0 Å². The molecule has 8 heteroatoms. The standard InChI is InChI=1S/C26H33N3O4S/c1-18-7-9-20(10-8-18)15-27-24(30)17-29-23-12-11-21(14-22(23)26(3,4)25(29)31)34(32,33)28-13-5-6-19(2)16-28/h7-12,14,19H,5-6,13,15-17H2,1-4H3,(H,27,30). The Bertz CT molecular complexity index is 1210. The lowest BCUT2D eigenvalue weighted by atomic mass is 9.86. The number of nitrogens with one attached hydrogen (secondary N) is 1. The van der Waals surface area contributed by atoms with Crippen LogP contribution in [0.25, 0.3) is 0 Å². The third kappa shape index (κ3) is 4.61. The number of sulfonamides is 1. The first kappa shape index (κ1) is 24.4.